The smallest absolute Gasteiger partial charge is 0.166 e. The lowest BCUT2D eigenvalue weighted by Gasteiger charge is -2.23. The van der Waals surface area contributed by atoms with E-state index in [1.165, 1.54) is 32.4 Å². The fourth-order valence-corrected chi connectivity index (χ4v) is 4.58. The summed E-state index contributed by atoms with van der Waals surface area (Å²) >= 11 is 12.3. The Balaban J connectivity index is 0.000000405. The van der Waals surface area contributed by atoms with Crippen LogP contribution in [0.4, 0.5) is 10.2 Å². The van der Waals surface area contributed by atoms with E-state index in [1.807, 2.05) is 13.0 Å². The van der Waals surface area contributed by atoms with Crippen LogP contribution in [0.1, 0.15) is 58.4 Å². The van der Waals surface area contributed by atoms with Crippen LogP contribution in [0.25, 0.3) is 5.57 Å². The first-order chi connectivity index (χ1) is 15.8. The molecule has 0 amide bonds. The lowest BCUT2D eigenvalue weighted by Crippen LogP contribution is -2.27. The molecule has 0 aromatic carbocycles. The van der Waals surface area contributed by atoms with Gasteiger partial charge in [-0.3, -0.25) is 4.99 Å². The maximum absolute atomic E-state index is 13.8. The molecule has 0 radical (unpaired) electrons. The summed E-state index contributed by atoms with van der Waals surface area (Å²) in [7, 11) is 1.69. The molecule has 1 atom stereocenters. The molecule has 2 heterocycles. The zero-order valence-electron chi connectivity index (χ0n) is 19.9. The van der Waals surface area contributed by atoms with Gasteiger partial charge >= 0.3 is 0 Å². The summed E-state index contributed by atoms with van der Waals surface area (Å²) in [5.74, 6) is 1.25. The predicted molar refractivity (Wildman–Crippen MR) is 139 cm³/mol. The number of hydrogen-bond acceptors (Lipinski definition) is 5. The van der Waals surface area contributed by atoms with E-state index in [1.54, 1.807) is 32.4 Å². The molecule has 8 heteroatoms. The van der Waals surface area contributed by atoms with Crippen molar-refractivity contribution in [3.8, 4) is 5.75 Å². The van der Waals surface area contributed by atoms with Gasteiger partial charge in [-0.15, -0.1) is 0 Å². The minimum atomic E-state index is -0.570. The Hall–Kier alpha value is -1.89. The summed E-state index contributed by atoms with van der Waals surface area (Å²) < 4.78 is 19.7. The molecule has 1 aliphatic heterocycles. The van der Waals surface area contributed by atoms with Gasteiger partial charge in [-0.05, 0) is 63.8 Å². The fraction of sp³-hybridized carbons (Fsp3) is 0.520. The molecule has 33 heavy (non-hydrogen) atoms. The molecule has 1 aromatic heterocycles. The number of nitrogens with two attached hydrogens (primary N) is 1. The molecule has 0 saturated carbocycles. The van der Waals surface area contributed by atoms with Crippen LogP contribution in [0.15, 0.2) is 44.8 Å². The molecule has 1 aromatic rings. The first kappa shape index (κ1) is 27.4. The number of halogens is 3. The van der Waals surface area contributed by atoms with Crippen molar-refractivity contribution in [2.75, 3.05) is 25.9 Å². The highest BCUT2D eigenvalue weighted by Crippen LogP contribution is 2.38. The van der Waals surface area contributed by atoms with Crippen LogP contribution in [0.3, 0.4) is 0 Å². The highest BCUT2D eigenvalue weighted by atomic mass is 35.5. The van der Waals surface area contributed by atoms with E-state index in [0.29, 0.717) is 22.8 Å². The second kappa shape index (κ2) is 13.7. The van der Waals surface area contributed by atoms with E-state index in [2.05, 4.69) is 22.2 Å². The predicted octanol–water partition coefficient (Wildman–Crippen LogP) is 6.64. The Kier molecular flexibility index (Phi) is 11.4. The second-order valence-corrected chi connectivity index (χ2v) is 8.97. The number of hydrogen-bond donors (Lipinski definition) is 2. The lowest BCUT2D eigenvalue weighted by molar-refractivity contribution is 0.259. The van der Waals surface area contributed by atoms with Crippen molar-refractivity contribution in [3.05, 3.63) is 45.4 Å². The number of piperidine rings is 1. The SMILES string of the molecule is C/C=C(\C=NC)c1cnc(N)c(OC(C)C2=C(Cl)CCC(F)=C2Cl)c1.CCC1CCNCC1. The molecule has 1 aliphatic carbocycles. The Morgan fingerprint density at radius 2 is 2.06 bits per heavy atom. The third-order valence-electron chi connectivity index (χ3n) is 5.87. The van der Waals surface area contributed by atoms with Crippen LogP contribution < -0.4 is 15.8 Å². The molecule has 5 nitrogen and oxygen atoms in total. The van der Waals surface area contributed by atoms with Gasteiger partial charge in [0.2, 0.25) is 0 Å². The first-order valence-corrected chi connectivity index (χ1v) is 12.2. The van der Waals surface area contributed by atoms with Crippen molar-refractivity contribution in [1.82, 2.24) is 10.3 Å². The van der Waals surface area contributed by atoms with Gasteiger partial charge in [-0.2, -0.15) is 0 Å². The number of allylic oxidation sites excluding steroid dienone is 4. The van der Waals surface area contributed by atoms with Gasteiger partial charge in [0.25, 0.3) is 0 Å². The van der Waals surface area contributed by atoms with Crippen molar-refractivity contribution >= 4 is 40.8 Å². The van der Waals surface area contributed by atoms with Crippen LogP contribution in [0, 0.1) is 5.92 Å². The number of aromatic nitrogens is 1. The van der Waals surface area contributed by atoms with Crippen molar-refractivity contribution in [2.24, 2.45) is 10.9 Å². The van der Waals surface area contributed by atoms with E-state index in [9.17, 15) is 4.39 Å². The Labute approximate surface area is 207 Å². The largest absolute Gasteiger partial charge is 0.482 e. The summed E-state index contributed by atoms with van der Waals surface area (Å²) in [6, 6.07) is 1.76. The summed E-state index contributed by atoms with van der Waals surface area (Å²) in [6.45, 7) is 8.43. The number of aliphatic imine (C=N–C) groups is 1. The van der Waals surface area contributed by atoms with Crippen molar-refractivity contribution < 1.29 is 9.13 Å². The van der Waals surface area contributed by atoms with Gasteiger partial charge in [0.15, 0.2) is 11.6 Å². The lowest BCUT2D eigenvalue weighted by atomic mass is 9.96. The molecule has 1 saturated heterocycles. The van der Waals surface area contributed by atoms with Gasteiger partial charge in [-0.25, -0.2) is 9.37 Å². The zero-order chi connectivity index (χ0) is 24.4. The molecule has 3 rings (SSSR count). The molecule has 1 unspecified atom stereocenters. The van der Waals surface area contributed by atoms with E-state index in [4.69, 9.17) is 33.7 Å². The van der Waals surface area contributed by atoms with Crippen molar-refractivity contribution in [1.29, 1.82) is 0 Å². The number of pyridine rings is 1. The Morgan fingerprint density at radius 1 is 1.36 bits per heavy atom. The van der Waals surface area contributed by atoms with Gasteiger partial charge < -0.3 is 15.8 Å². The third kappa shape index (κ3) is 7.83. The number of nitrogen functional groups attached to an aromatic ring is 1. The zero-order valence-corrected chi connectivity index (χ0v) is 21.4. The number of nitrogens with one attached hydrogen (secondary N) is 1. The normalized spacial score (nSPS) is 18.9. The van der Waals surface area contributed by atoms with Gasteiger partial charge in [0.05, 0.1) is 5.03 Å². The highest BCUT2D eigenvalue weighted by molar-refractivity contribution is 6.36. The highest BCUT2D eigenvalue weighted by Gasteiger charge is 2.26. The average Bonchev–Trinajstić information content (AvgIpc) is 2.82. The molecule has 2 aliphatic rings. The molecular weight excluding hydrogens is 462 g/mol. The van der Waals surface area contributed by atoms with Gasteiger partial charge in [-0.1, -0.05) is 42.6 Å². The summed E-state index contributed by atoms with van der Waals surface area (Å²) in [6.07, 6.45) is 9.47. The average molecular weight is 497 g/mol. The summed E-state index contributed by atoms with van der Waals surface area (Å²) in [5, 5.41) is 3.86. The monoisotopic (exact) mass is 496 g/mol. The van der Waals surface area contributed by atoms with E-state index < -0.39 is 6.10 Å². The number of rotatable bonds is 6. The molecule has 0 spiro atoms. The topological polar surface area (TPSA) is 72.5 Å². The Morgan fingerprint density at radius 3 is 2.64 bits per heavy atom. The summed E-state index contributed by atoms with van der Waals surface area (Å²) in [5.41, 5.74) is 8.05. The van der Waals surface area contributed by atoms with Crippen LogP contribution in [-0.4, -0.2) is 37.4 Å². The maximum atomic E-state index is 13.8. The minimum absolute atomic E-state index is 0.0127. The molecule has 1 fully saturated rings. The number of anilines is 1. The quantitative estimate of drug-likeness (QED) is 0.433. The number of ether oxygens (including phenoxy) is 1. The second-order valence-electron chi connectivity index (χ2n) is 8.14. The van der Waals surface area contributed by atoms with Gasteiger partial charge in [0.1, 0.15) is 11.9 Å². The van der Waals surface area contributed by atoms with Crippen LogP contribution in [0.5, 0.6) is 5.75 Å². The standard InChI is InChI=1S/C18H20Cl2FN3O.C7H15N/c1-4-11(8-23-3)12-7-15(18(22)24-9-12)25-10(2)16-13(19)5-6-14(21)17(16)20;1-2-7-3-5-8-6-4-7/h4,7-10H,5-6H2,1-3H3,(H2,22,24);7-8H,2-6H2,1H3/b11-4+,23-8?;. The van der Waals surface area contributed by atoms with Crippen molar-refractivity contribution in [2.45, 2.75) is 59.0 Å². The molecular formula is C25H35Cl2FN4O. The van der Waals surface area contributed by atoms with Crippen LogP contribution in [0.2, 0.25) is 0 Å². The first-order valence-electron chi connectivity index (χ1n) is 11.5. The fourth-order valence-electron chi connectivity index (χ4n) is 3.83. The van der Waals surface area contributed by atoms with Crippen LogP contribution >= 0.6 is 23.2 Å². The third-order valence-corrected chi connectivity index (χ3v) is 6.67. The van der Waals surface area contributed by atoms with E-state index >= 15 is 0 Å². The van der Waals surface area contributed by atoms with Gasteiger partial charge in [0, 0.05) is 42.0 Å². The molecule has 182 valence electrons. The maximum Gasteiger partial charge on any atom is 0.166 e. The summed E-state index contributed by atoms with van der Waals surface area (Å²) in [4.78, 5) is 8.18. The molecule has 0 bridgehead atoms. The number of nitrogens with zero attached hydrogens (tertiary/aromatic N) is 2. The van der Waals surface area contributed by atoms with E-state index in [0.717, 1.165) is 17.1 Å². The minimum Gasteiger partial charge on any atom is -0.482 e. The van der Waals surface area contributed by atoms with E-state index in [-0.39, 0.29) is 23.1 Å². The van der Waals surface area contributed by atoms with Crippen molar-refractivity contribution in [3.63, 3.8) is 0 Å². The Bertz CT molecular complexity index is 921. The van der Waals surface area contributed by atoms with Crippen LogP contribution in [-0.2, 0) is 0 Å². The molecule has 3 N–H and O–H groups in total.